The largest absolute Gasteiger partial charge is 0.495 e. The third-order valence-electron chi connectivity index (χ3n) is 4.11. The van der Waals surface area contributed by atoms with Crippen LogP contribution in [0.3, 0.4) is 0 Å². The first-order valence-corrected chi connectivity index (χ1v) is 7.92. The summed E-state index contributed by atoms with van der Waals surface area (Å²) in [5, 5.41) is 0. The van der Waals surface area contributed by atoms with E-state index < -0.39 is 11.9 Å². The Balaban J connectivity index is 1.75. The van der Waals surface area contributed by atoms with Crippen LogP contribution in [0.15, 0.2) is 48.5 Å². The molecule has 0 N–H and O–H groups in total. The highest BCUT2D eigenvalue weighted by Crippen LogP contribution is 2.34. The molecule has 1 atom stereocenters. The Labute approximate surface area is 145 Å². The highest BCUT2D eigenvalue weighted by Gasteiger charge is 2.37. The minimum Gasteiger partial charge on any atom is -0.495 e. The molecule has 1 saturated heterocycles. The van der Waals surface area contributed by atoms with Crippen LogP contribution in [-0.4, -0.2) is 32.6 Å². The number of carbonyl (C=O) groups excluding carboxylic acids is 2. The molecule has 1 aliphatic rings. The summed E-state index contributed by atoms with van der Waals surface area (Å²) in [5.74, 6) is 0.290. The first-order chi connectivity index (χ1) is 12.1. The quantitative estimate of drug-likeness (QED) is 0.618. The standard InChI is InChI=1S/C19H19NO5/c1-23-15-8-4-3-7-14(15)20-12-13(11-18(20)21)19(22)25-17-10-6-5-9-16(17)24-2/h3-10,13H,11-12H2,1-2H3/t13-/m0/s1. The van der Waals surface area contributed by atoms with Gasteiger partial charge in [-0.15, -0.1) is 0 Å². The van der Waals surface area contributed by atoms with Gasteiger partial charge in [0, 0.05) is 13.0 Å². The van der Waals surface area contributed by atoms with Crippen LogP contribution >= 0.6 is 0 Å². The fourth-order valence-corrected chi connectivity index (χ4v) is 2.85. The van der Waals surface area contributed by atoms with Gasteiger partial charge in [0.2, 0.25) is 5.91 Å². The van der Waals surface area contributed by atoms with Crippen molar-refractivity contribution in [2.45, 2.75) is 6.42 Å². The van der Waals surface area contributed by atoms with Crippen molar-refractivity contribution in [3.63, 3.8) is 0 Å². The molecule has 2 aromatic rings. The molecule has 1 fully saturated rings. The van der Waals surface area contributed by atoms with Gasteiger partial charge in [-0.1, -0.05) is 24.3 Å². The maximum absolute atomic E-state index is 12.5. The zero-order valence-corrected chi connectivity index (χ0v) is 14.1. The lowest BCUT2D eigenvalue weighted by atomic mass is 10.1. The molecular weight excluding hydrogens is 322 g/mol. The van der Waals surface area contributed by atoms with Crippen molar-refractivity contribution in [3.05, 3.63) is 48.5 Å². The minimum absolute atomic E-state index is 0.103. The van der Waals surface area contributed by atoms with Gasteiger partial charge in [-0.05, 0) is 24.3 Å². The van der Waals surface area contributed by atoms with Gasteiger partial charge in [0.25, 0.3) is 0 Å². The zero-order chi connectivity index (χ0) is 17.8. The van der Waals surface area contributed by atoms with Crippen molar-refractivity contribution in [2.75, 3.05) is 25.7 Å². The number of ether oxygens (including phenoxy) is 3. The van der Waals surface area contributed by atoms with E-state index in [9.17, 15) is 9.59 Å². The third kappa shape index (κ3) is 3.42. The van der Waals surface area contributed by atoms with Crippen LogP contribution in [0.25, 0.3) is 0 Å². The topological polar surface area (TPSA) is 65.1 Å². The number of esters is 1. The van der Waals surface area contributed by atoms with E-state index in [0.29, 0.717) is 22.9 Å². The van der Waals surface area contributed by atoms with Crippen molar-refractivity contribution in [1.29, 1.82) is 0 Å². The maximum Gasteiger partial charge on any atom is 0.316 e. The summed E-state index contributed by atoms with van der Waals surface area (Å²) < 4.78 is 15.9. The van der Waals surface area contributed by atoms with Gasteiger partial charge in [-0.2, -0.15) is 0 Å². The van der Waals surface area contributed by atoms with Gasteiger partial charge in [0.1, 0.15) is 5.75 Å². The molecule has 0 bridgehead atoms. The molecule has 0 aliphatic carbocycles. The van der Waals surface area contributed by atoms with Gasteiger partial charge in [0.15, 0.2) is 11.5 Å². The van der Waals surface area contributed by atoms with Crippen LogP contribution in [-0.2, 0) is 9.59 Å². The Kier molecular flexibility index (Phi) is 4.88. The summed E-state index contributed by atoms with van der Waals surface area (Å²) in [4.78, 5) is 26.4. The van der Waals surface area contributed by atoms with Crippen molar-refractivity contribution in [2.24, 2.45) is 5.92 Å². The number of para-hydroxylation sites is 4. The van der Waals surface area contributed by atoms with Crippen LogP contribution in [0.5, 0.6) is 17.2 Å². The molecule has 0 unspecified atom stereocenters. The highest BCUT2D eigenvalue weighted by molar-refractivity contribution is 6.00. The first-order valence-electron chi connectivity index (χ1n) is 7.92. The predicted molar refractivity (Wildman–Crippen MR) is 92.1 cm³/mol. The van der Waals surface area contributed by atoms with Crippen molar-refractivity contribution in [1.82, 2.24) is 0 Å². The second-order valence-corrected chi connectivity index (χ2v) is 5.65. The van der Waals surface area contributed by atoms with E-state index in [1.54, 1.807) is 48.4 Å². The number of benzene rings is 2. The Morgan fingerprint density at radius 1 is 0.960 bits per heavy atom. The Hall–Kier alpha value is -3.02. The van der Waals surface area contributed by atoms with Gasteiger partial charge < -0.3 is 19.1 Å². The SMILES string of the molecule is COc1ccccc1OC(=O)[C@H]1CC(=O)N(c2ccccc2OC)C1. The van der Waals surface area contributed by atoms with E-state index in [2.05, 4.69) is 0 Å². The summed E-state index contributed by atoms with van der Waals surface area (Å²) in [5.41, 5.74) is 0.655. The van der Waals surface area contributed by atoms with E-state index in [-0.39, 0.29) is 18.9 Å². The van der Waals surface area contributed by atoms with Crippen LogP contribution in [0.2, 0.25) is 0 Å². The number of amides is 1. The van der Waals surface area contributed by atoms with E-state index in [1.165, 1.54) is 7.11 Å². The van der Waals surface area contributed by atoms with Gasteiger partial charge in [-0.25, -0.2) is 0 Å². The Bertz CT molecular complexity index is 789. The lowest BCUT2D eigenvalue weighted by Gasteiger charge is -2.19. The second kappa shape index (κ2) is 7.25. The Morgan fingerprint density at radius 2 is 1.56 bits per heavy atom. The summed E-state index contributed by atoms with van der Waals surface area (Å²) in [6.07, 6.45) is 0.103. The monoisotopic (exact) mass is 341 g/mol. The number of hydrogen-bond acceptors (Lipinski definition) is 5. The lowest BCUT2D eigenvalue weighted by Crippen LogP contribution is -2.27. The molecule has 6 heteroatoms. The molecule has 2 aromatic carbocycles. The van der Waals surface area contributed by atoms with Crippen LogP contribution in [0.4, 0.5) is 5.69 Å². The molecule has 3 rings (SSSR count). The second-order valence-electron chi connectivity index (χ2n) is 5.65. The average molecular weight is 341 g/mol. The van der Waals surface area contributed by atoms with Gasteiger partial charge in [0.05, 0.1) is 25.8 Å². The zero-order valence-electron chi connectivity index (χ0n) is 14.1. The fraction of sp³-hybridized carbons (Fsp3) is 0.263. The van der Waals surface area contributed by atoms with Crippen molar-refractivity contribution >= 4 is 17.6 Å². The molecule has 0 spiro atoms. The predicted octanol–water partition coefficient (Wildman–Crippen LogP) is 2.66. The molecule has 0 radical (unpaired) electrons. The number of nitrogens with zero attached hydrogens (tertiary/aromatic N) is 1. The molecule has 6 nitrogen and oxygen atoms in total. The van der Waals surface area contributed by atoms with Gasteiger partial charge in [-0.3, -0.25) is 9.59 Å². The number of methoxy groups -OCH3 is 2. The summed E-state index contributed by atoms with van der Waals surface area (Å²) in [7, 11) is 3.06. The van der Waals surface area contributed by atoms with E-state index in [4.69, 9.17) is 14.2 Å². The molecule has 1 aliphatic heterocycles. The third-order valence-corrected chi connectivity index (χ3v) is 4.11. The molecule has 1 amide bonds. The normalized spacial score (nSPS) is 16.6. The number of carbonyl (C=O) groups is 2. The number of anilines is 1. The first kappa shape index (κ1) is 16.8. The average Bonchev–Trinajstić information content (AvgIpc) is 3.03. The maximum atomic E-state index is 12.5. The molecule has 1 heterocycles. The smallest absolute Gasteiger partial charge is 0.316 e. The minimum atomic E-state index is -0.540. The number of rotatable bonds is 5. The number of hydrogen-bond donors (Lipinski definition) is 0. The van der Waals surface area contributed by atoms with E-state index in [0.717, 1.165) is 0 Å². The molecule has 130 valence electrons. The summed E-state index contributed by atoms with van der Waals surface area (Å²) >= 11 is 0. The van der Waals surface area contributed by atoms with Crippen LogP contribution < -0.4 is 19.1 Å². The van der Waals surface area contributed by atoms with Crippen LogP contribution in [0, 0.1) is 5.92 Å². The molecule has 0 aromatic heterocycles. The molecule has 0 saturated carbocycles. The van der Waals surface area contributed by atoms with Crippen LogP contribution in [0.1, 0.15) is 6.42 Å². The van der Waals surface area contributed by atoms with Crippen molar-refractivity contribution in [3.8, 4) is 17.2 Å². The van der Waals surface area contributed by atoms with Crippen molar-refractivity contribution < 1.29 is 23.8 Å². The Morgan fingerprint density at radius 3 is 2.24 bits per heavy atom. The van der Waals surface area contributed by atoms with E-state index >= 15 is 0 Å². The highest BCUT2D eigenvalue weighted by atomic mass is 16.6. The van der Waals surface area contributed by atoms with Gasteiger partial charge >= 0.3 is 5.97 Å². The fourth-order valence-electron chi connectivity index (χ4n) is 2.85. The molecular formula is C19H19NO5. The van der Waals surface area contributed by atoms with E-state index in [1.807, 2.05) is 12.1 Å². The lowest BCUT2D eigenvalue weighted by molar-refractivity contribution is -0.139. The summed E-state index contributed by atoms with van der Waals surface area (Å²) in [6.45, 7) is 0.257. The molecule has 25 heavy (non-hydrogen) atoms. The summed E-state index contributed by atoms with van der Waals surface area (Å²) in [6, 6.07) is 14.1.